The predicted molar refractivity (Wildman–Crippen MR) is 55.6 cm³/mol. The van der Waals surface area contributed by atoms with Gasteiger partial charge < -0.3 is 14.6 Å². The van der Waals surface area contributed by atoms with Crippen LogP contribution in [0.2, 0.25) is 0 Å². The number of aromatic nitrogens is 2. The Balaban J connectivity index is 2.29. The van der Waals surface area contributed by atoms with Crippen LogP contribution in [0.5, 0.6) is 5.88 Å². The van der Waals surface area contributed by atoms with Gasteiger partial charge in [0.2, 0.25) is 5.88 Å². The maximum absolute atomic E-state index is 10.5. The van der Waals surface area contributed by atoms with Crippen molar-refractivity contribution in [2.75, 3.05) is 19.8 Å². The van der Waals surface area contributed by atoms with Crippen LogP contribution in [0, 0.1) is 0 Å². The molecule has 0 saturated heterocycles. The first-order valence-electron chi connectivity index (χ1n) is 5.01. The maximum atomic E-state index is 10.5. The van der Waals surface area contributed by atoms with Crippen LogP contribution in [-0.4, -0.2) is 41.1 Å². The lowest BCUT2D eigenvalue weighted by molar-refractivity contribution is 0.0688. The third kappa shape index (κ3) is 4.22. The summed E-state index contributed by atoms with van der Waals surface area (Å²) in [6.07, 6.45) is 0.965. The summed E-state index contributed by atoms with van der Waals surface area (Å²) in [4.78, 5) is 10.5. The molecule has 0 amide bonds. The molecule has 0 bridgehead atoms. The quantitative estimate of drug-likeness (QED) is 0.698. The molecule has 0 saturated carbocycles. The van der Waals surface area contributed by atoms with E-state index in [4.69, 9.17) is 14.6 Å². The van der Waals surface area contributed by atoms with Crippen molar-refractivity contribution in [1.82, 2.24) is 10.2 Å². The van der Waals surface area contributed by atoms with Gasteiger partial charge in [0, 0.05) is 12.7 Å². The average Bonchev–Trinajstić information content (AvgIpc) is 2.29. The SMILES string of the molecule is CCCOCCOc1ccc(C(=O)O)nn1. The minimum atomic E-state index is -1.11. The van der Waals surface area contributed by atoms with Crippen molar-refractivity contribution in [2.45, 2.75) is 13.3 Å². The van der Waals surface area contributed by atoms with Gasteiger partial charge in [-0.15, -0.1) is 10.2 Å². The van der Waals surface area contributed by atoms with Crippen LogP contribution in [-0.2, 0) is 4.74 Å². The molecule has 0 spiro atoms. The molecule has 1 aromatic rings. The zero-order chi connectivity index (χ0) is 11.8. The van der Waals surface area contributed by atoms with Gasteiger partial charge in [-0.05, 0) is 12.5 Å². The highest BCUT2D eigenvalue weighted by Gasteiger charge is 2.05. The minimum absolute atomic E-state index is 0.102. The van der Waals surface area contributed by atoms with Gasteiger partial charge in [0.05, 0.1) is 6.61 Å². The van der Waals surface area contributed by atoms with Crippen LogP contribution < -0.4 is 4.74 Å². The molecule has 0 aliphatic carbocycles. The number of ether oxygens (including phenoxy) is 2. The Morgan fingerprint density at radius 1 is 1.31 bits per heavy atom. The van der Waals surface area contributed by atoms with Crippen LogP contribution >= 0.6 is 0 Å². The van der Waals surface area contributed by atoms with Gasteiger partial charge in [-0.3, -0.25) is 0 Å². The first-order valence-corrected chi connectivity index (χ1v) is 5.01. The van der Waals surface area contributed by atoms with E-state index in [1.807, 2.05) is 6.92 Å². The molecule has 1 heterocycles. The average molecular weight is 226 g/mol. The summed E-state index contributed by atoms with van der Waals surface area (Å²) in [7, 11) is 0. The van der Waals surface area contributed by atoms with Crippen molar-refractivity contribution in [1.29, 1.82) is 0 Å². The highest BCUT2D eigenvalue weighted by atomic mass is 16.5. The van der Waals surface area contributed by atoms with Crippen molar-refractivity contribution in [2.24, 2.45) is 0 Å². The number of hydrogen-bond acceptors (Lipinski definition) is 5. The maximum Gasteiger partial charge on any atom is 0.356 e. The lowest BCUT2D eigenvalue weighted by Gasteiger charge is -2.04. The Bertz CT molecular complexity index is 326. The molecule has 0 aliphatic rings. The Hall–Kier alpha value is -1.69. The number of nitrogens with zero attached hydrogens (tertiary/aromatic N) is 2. The van der Waals surface area contributed by atoms with E-state index in [2.05, 4.69) is 10.2 Å². The van der Waals surface area contributed by atoms with E-state index in [9.17, 15) is 4.79 Å². The largest absolute Gasteiger partial charge is 0.476 e. The standard InChI is InChI=1S/C10H14N2O4/c1-2-5-15-6-7-16-9-4-3-8(10(13)14)11-12-9/h3-4H,2,5-7H2,1H3,(H,13,14). The summed E-state index contributed by atoms with van der Waals surface area (Å²) in [5.41, 5.74) is -0.102. The van der Waals surface area contributed by atoms with Crippen LogP contribution in [0.4, 0.5) is 0 Å². The number of carboxylic acids is 1. The summed E-state index contributed by atoms with van der Waals surface area (Å²) in [5, 5.41) is 15.7. The molecule has 0 fully saturated rings. The molecule has 0 unspecified atom stereocenters. The molecule has 0 aromatic carbocycles. The van der Waals surface area contributed by atoms with Gasteiger partial charge in [0.15, 0.2) is 5.69 Å². The Kier molecular flexibility index (Phi) is 5.21. The van der Waals surface area contributed by atoms with E-state index in [0.29, 0.717) is 25.7 Å². The fourth-order valence-electron chi connectivity index (χ4n) is 0.963. The number of hydrogen-bond donors (Lipinski definition) is 1. The van der Waals surface area contributed by atoms with E-state index < -0.39 is 5.97 Å². The molecule has 1 aromatic heterocycles. The Morgan fingerprint density at radius 2 is 2.12 bits per heavy atom. The van der Waals surface area contributed by atoms with Crippen molar-refractivity contribution in [3.8, 4) is 5.88 Å². The zero-order valence-electron chi connectivity index (χ0n) is 9.05. The van der Waals surface area contributed by atoms with E-state index in [-0.39, 0.29) is 5.69 Å². The summed E-state index contributed by atoms with van der Waals surface area (Å²) in [5.74, 6) is -0.810. The number of carbonyl (C=O) groups is 1. The molecule has 6 heteroatoms. The molecule has 88 valence electrons. The lowest BCUT2D eigenvalue weighted by Crippen LogP contribution is -2.09. The van der Waals surface area contributed by atoms with Gasteiger partial charge >= 0.3 is 5.97 Å². The Labute approximate surface area is 93.2 Å². The van der Waals surface area contributed by atoms with Crippen molar-refractivity contribution >= 4 is 5.97 Å². The molecule has 1 rings (SSSR count). The second-order valence-corrected chi connectivity index (χ2v) is 3.02. The van der Waals surface area contributed by atoms with Gasteiger partial charge in [0.25, 0.3) is 0 Å². The zero-order valence-corrected chi connectivity index (χ0v) is 9.05. The number of aromatic carboxylic acids is 1. The third-order valence-corrected chi connectivity index (χ3v) is 1.69. The monoisotopic (exact) mass is 226 g/mol. The minimum Gasteiger partial charge on any atom is -0.476 e. The second kappa shape index (κ2) is 6.73. The highest BCUT2D eigenvalue weighted by molar-refractivity contribution is 5.84. The normalized spacial score (nSPS) is 10.1. The first-order chi connectivity index (χ1) is 7.74. The van der Waals surface area contributed by atoms with E-state index >= 15 is 0 Å². The summed E-state index contributed by atoms with van der Waals surface area (Å²) in [6.45, 7) is 3.58. The smallest absolute Gasteiger partial charge is 0.356 e. The summed E-state index contributed by atoms with van der Waals surface area (Å²) >= 11 is 0. The lowest BCUT2D eigenvalue weighted by atomic mass is 10.4. The Morgan fingerprint density at radius 3 is 2.69 bits per heavy atom. The molecule has 0 aliphatic heterocycles. The van der Waals surface area contributed by atoms with Gasteiger partial charge in [-0.25, -0.2) is 4.79 Å². The molecule has 0 atom stereocenters. The summed E-state index contributed by atoms with van der Waals surface area (Å²) in [6, 6.07) is 2.81. The van der Waals surface area contributed by atoms with E-state index in [0.717, 1.165) is 6.42 Å². The molecule has 6 nitrogen and oxygen atoms in total. The number of rotatable bonds is 7. The van der Waals surface area contributed by atoms with E-state index in [1.165, 1.54) is 12.1 Å². The van der Waals surface area contributed by atoms with Crippen LogP contribution in [0.15, 0.2) is 12.1 Å². The van der Waals surface area contributed by atoms with Crippen LogP contribution in [0.25, 0.3) is 0 Å². The van der Waals surface area contributed by atoms with Gasteiger partial charge in [-0.2, -0.15) is 0 Å². The topological polar surface area (TPSA) is 81.5 Å². The molecular formula is C10H14N2O4. The van der Waals surface area contributed by atoms with Gasteiger partial charge in [-0.1, -0.05) is 6.92 Å². The van der Waals surface area contributed by atoms with Crippen LogP contribution in [0.1, 0.15) is 23.8 Å². The van der Waals surface area contributed by atoms with Crippen molar-refractivity contribution < 1.29 is 19.4 Å². The number of carboxylic acid groups (broad SMARTS) is 1. The fourth-order valence-corrected chi connectivity index (χ4v) is 0.963. The van der Waals surface area contributed by atoms with Gasteiger partial charge in [0.1, 0.15) is 6.61 Å². The molecular weight excluding hydrogens is 212 g/mol. The van der Waals surface area contributed by atoms with Crippen LogP contribution in [0.3, 0.4) is 0 Å². The molecule has 0 radical (unpaired) electrons. The first kappa shape index (κ1) is 12.4. The summed E-state index contributed by atoms with van der Waals surface area (Å²) < 4.78 is 10.4. The fraction of sp³-hybridized carbons (Fsp3) is 0.500. The predicted octanol–water partition coefficient (Wildman–Crippen LogP) is 0.980. The van der Waals surface area contributed by atoms with Crippen molar-refractivity contribution in [3.63, 3.8) is 0 Å². The molecule has 16 heavy (non-hydrogen) atoms. The second-order valence-electron chi connectivity index (χ2n) is 3.02. The third-order valence-electron chi connectivity index (χ3n) is 1.69. The molecule has 1 N–H and O–H groups in total. The van der Waals surface area contributed by atoms with Crippen molar-refractivity contribution in [3.05, 3.63) is 17.8 Å². The van der Waals surface area contributed by atoms with E-state index in [1.54, 1.807) is 0 Å². The highest BCUT2D eigenvalue weighted by Crippen LogP contribution is 2.04.